The molecule has 2 heterocycles. The Kier molecular flexibility index (Phi) is 5.88. The van der Waals surface area contributed by atoms with Crippen molar-refractivity contribution in [3.63, 3.8) is 0 Å². The summed E-state index contributed by atoms with van der Waals surface area (Å²) in [5, 5.41) is 1.19. The quantitative estimate of drug-likeness (QED) is 0.634. The van der Waals surface area contributed by atoms with Crippen molar-refractivity contribution in [1.82, 2.24) is 9.88 Å². The molecule has 1 fully saturated rings. The number of para-hydroxylation sites is 1. The molecule has 1 aliphatic rings. The zero-order chi connectivity index (χ0) is 21.1. The van der Waals surface area contributed by atoms with Gasteiger partial charge in [-0.2, -0.15) is 0 Å². The maximum absolute atomic E-state index is 12.6. The van der Waals surface area contributed by atoms with Gasteiger partial charge in [0.05, 0.1) is 5.52 Å². The summed E-state index contributed by atoms with van der Waals surface area (Å²) >= 11 is 0. The van der Waals surface area contributed by atoms with Gasteiger partial charge in [-0.3, -0.25) is 4.79 Å². The number of hydrogen-bond donors (Lipinski definition) is 0. The lowest BCUT2D eigenvalue weighted by Crippen LogP contribution is -2.50. The molecule has 4 rings (SSSR count). The van der Waals surface area contributed by atoms with Crippen LogP contribution < -0.4 is 9.64 Å². The van der Waals surface area contributed by atoms with Crippen LogP contribution in [0.4, 0.5) is 5.82 Å². The van der Waals surface area contributed by atoms with Crippen LogP contribution in [-0.4, -0.2) is 48.6 Å². The van der Waals surface area contributed by atoms with Crippen LogP contribution in [0.15, 0.2) is 54.6 Å². The predicted molar refractivity (Wildman–Crippen MR) is 121 cm³/mol. The van der Waals surface area contributed by atoms with Gasteiger partial charge < -0.3 is 14.5 Å². The van der Waals surface area contributed by atoms with Crippen LogP contribution in [0.5, 0.6) is 5.75 Å². The second kappa shape index (κ2) is 8.74. The van der Waals surface area contributed by atoms with E-state index in [2.05, 4.69) is 49.9 Å². The van der Waals surface area contributed by atoms with Crippen LogP contribution in [0.2, 0.25) is 0 Å². The molecule has 0 spiro atoms. The van der Waals surface area contributed by atoms with E-state index < -0.39 is 0 Å². The van der Waals surface area contributed by atoms with Gasteiger partial charge in [-0.15, -0.1) is 0 Å². The largest absolute Gasteiger partial charge is 0.484 e. The SMILES string of the molecule is Cc1cc(N2CCN(C(=O)COc3cccc(C(C)C)c3)CC2)nc2ccccc12. The van der Waals surface area contributed by atoms with Gasteiger partial charge in [0, 0.05) is 31.6 Å². The van der Waals surface area contributed by atoms with E-state index in [1.165, 1.54) is 16.5 Å². The number of ether oxygens (including phenoxy) is 1. The summed E-state index contributed by atoms with van der Waals surface area (Å²) in [6.07, 6.45) is 0. The van der Waals surface area contributed by atoms with Gasteiger partial charge in [-0.05, 0) is 48.2 Å². The van der Waals surface area contributed by atoms with Crippen molar-refractivity contribution in [3.8, 4) is 5.75 Å². The third kappa shape index (κ3) is 4.40. The number of carbonyl (C=O) groups is 1. The number of aromatic nitrogens is 1. The Bertz CT molecular complexity index is 1040. The minimum atomic E-state index is 0.0345. The molecule has 0 aliphatic carbocycles. The number of fused-ring (bicyclic) bond motifs is 1. The number of amides is 1. The molecule has 3 aromatic rings. The summed E-state index contributed by atoms with van der Waals surface area (Å²) in [5.74, 6) is 2.21. The molecule has 30 heavy (non-hydrogen) atoms. The molecule has 1 saturated heterocycles. The van der Waals surface area contributed by atoms with Crippen LogP contribution in [0.25, 0.3) is 10.9 Å². The van der Waals surface area contributed by atoms with Crippen LogP contribution in [0, 0.1) is 6.92 Å². The lowest BCUT2D eigenvalue weighted by atomic mass is 10.0. The van der Waals surface area contributed by atoms with Crippen molar-refractivity contribution in [2.45, 2.75) is 26.7 Å². The van der Waals surface area contributed by atoms with Gasteiger partial charge in [-0.25, -0.2) is 4.98 Å². The molecule has 1 amide bonds. The molecule has 156 valence electrons. The molecular formula is C25H29N3O2. The Balaban J connectivity index is 1.34. The average Bonchev–Trinajstić information content (AvgIpc) is 2.77. The highest BCUT2D eigenvalue weighted by Crippen LogP contribution is 2.23. The summed E-state index contributed by atoms with van der Waals surface area (Å²) < 4.78 is 5.77. The van der Waals surface area contributed by atoms with Crippen LogP contribution in [-0.2, 0) is 4.79 Å². The Morgan fingerprint density at radius 1 is 1.03 bits per heavy atom. The Morgan fingerprint density at radius 2 is 1.80 bits per heavy atom. The summed E-state index contributed by atoms with van der Waals surface area (Å²) in [4.78, 5) is 21.6. The number of rotatable bonds is 5. The van der Waals surface area contributed by atoms with Crippen molar-refractivity contribution in [3.05, 3.63) is 65.7 Å². The summed E-state index contributed by atoms with van der Waals surface area (Å²) in [6, 6.07) is 18.4. The highest BCUT2D eigenvalue weighted by molar-refractivity contribution is 5.84. The first-order valence-corrected chi connectivity index (χ1v) is 10.6. The first-order valence-electron chi connectivity index (χ1n) is 10.6. The van der Waals surface area contributed by atoms with Crippen molar-refractivity contribution < 1.29 is 9.53 Å². The fraction of sp³-hybridized carbons (Fsp3) is 0.360. The fourth-order valence-electron chi connectivity index (χ4n) is 3.88. The molecular weight excluding hydrogens is 374 g/mol. The molecule has 0 radical (unpaired) electrons. The van der Waals surface area contributed by atoms with Crippen LogP contribution >= 0.6 is 0 Å². The smallest absolute Gasteiger partial charge is 0.260 e. The zero-order valence-corrected chi connectivity index (χ0v) is 18.0. The molecule has 5 nitrogen and oxygen atoms in total. The van der Waals surface area contributed by atoms with Crippen molar-refractivity contribution in [2.75, 3.05) is 37.7 Å². The molecule has 2 aromatic carbocycles. The molecule has 1 aromatic heterocycles. The first-order chi connectivity index (χ1) is 14.5. The van der Waals surface area contributed by atoms with E-state index >= 15 is 0 Å². The van der Waals surface area contributed by atoms with E-state index in [0.29, 0.717) is 19.0 Å². The van der Waals surface area contributed by atoms with E-state index in [4.69, 9.17) is 9.72 Å². The van der Waals surface area contributed by atoms with Crippen molar-refractivity contribution in [2.24, 2.45) is 0 Å². The Labute approximate surface area is 178 Å². The Hall–Kier alpha value is -3.08. The maximum atomic E-state index is 12.6. The van der Waals surface area contributed by atoms with E-state index in [9.17, 15) is 4.79 Å². The molecule has 0 unspecified atom stereocenters. The molecule has 1 aliphatic heterocycles. The van der Waals surface area contributed by atoms with Crippen LogP contribution in [0.1, 0.15) is 30.9 Å². The minimum Gasteiger partial charge on any atom is -0.484 e. The fourth-order valence-corrected chi connectivity index (χ4v) is 3.88. The van der Waals surface area contributed by atoms with Gasteiger partial charge in [0.25, 0.3) is 5.91 Å². The summed E-state index contributed by atoms with van der Waals surface area (Å²) in [6.45, 7) is 9.42. The summed E-state index contributed by atoms with van der Waals surface area (Å²) in [5.41, 5.74) is 3.46. The lowest BCUT2D eigenvalue weighted by molar-refractivity contribution is -0.133. The van der Waals surface area contributed by atoms with Gasteiger partial charge in [-0.1, -0.05) is 44.2 Å². The number of aryl methyl sites for hydroxylation is 1. The van der Waals surface area contributed by atoms with Gasteiger partial charge in [0.2, 0.25) is 0 Å². The topological polar surface area (TPSA) is 45.7 Å². The second-order valence-corrected chi connectivity index (χ2v) is 8.20. The molecule has 0 N–H and O–H groups in total. The van der Waals surface area contributed by atoms with Crippen LogP contribution in [0.3, 0.4) is 0 Å². The zero-order valence-electron chi connectivity index (χ0n) is 18.0. The molecule has 0 atom stereocenters. The van der Waals surface area contributed by atoms with Gasteiger partial charge in [0.15, 0.2) is 6.61 Å². The normalized spacial score (nSPS) is 14.4. The molecule has 0 saturated carbocycles. The number of hydrogen-bond acceptors (Lipinski definition) is 4. The van der Waals surface area contributed by atoms with Crippen molar-refractivity contribution >= 4 is 22.6 Å². The second-order valence-electron chi connectivity index (χ2n) is 8.20. The highest BCUT2D eigenvalue weighted by atomic mass is 16.5. The first kappa shape index (κ1) is 20.2. The predicted octanol–water partition coefficient (Wildman–Crippen LogP) is 4.39. The third-order valence-electron chi connectivity index (χ3n) is 5.75. The third-order valence-corrected chi connectivity index (χ3v) is 5.75. The molecule has 0 bridgehead atoms. The van der Waals surface area contributed by atoms with Gasteiger partial charge >= 0.3 is 0 Å². The highest BCUT2D eigenvalue weighted by Gasteiger charge is 2.22. The number of pyridine rings is 1. The standard InChI is InChI=1S/C25H29N3O2/c1-18(2)20-7-6-8-21(16-20)30-17-25(29)28-13-11-27(12-14-28)24-15-19(3)22-9-4-5-10-23(22)26-24/h4-10,15-16,18H,11-14,17H2,1-3H3. The van der Waals surface area contributed by atoms with E-state index in [1.54, 1.807) is 0 Å². The number of carbonyl (C=O) groups excluding carboxylic acids is 1. The average molecular weight is 404 g/mol. The number of anilines is 1. The monoisotopic (exact) mass is 403 g/mol. The molecule has 5 heteroatoms. The number of nitrogens with zero attached hydrogens (tertiary/aromatic N) is 3. The number of piperazine rings is 1. The van der Waals surface area contributed by atoms with Crippen molar-refractivity contribution in [1.29, 1.82) is 0 Å². The minimum absolute atomic E-state index is 0.0345. The van der Waals surface area contributed by atoms with E-state index in [1.807, 2.05) is 35.2 Å². The van der Waals surface area contributed by atoms with Gasteiger partial charge in [0.1, 0.15) is 11.6 Å². The van der Waals surface area contributed by atoms with E-state index in [0.717, 1.165) is 30.2 Å². The number of benzene rings is 2. The summed E-state index contributed by atoms with van der Waals surface area (Å²) in [7, 11) is 0. The maximum Gasteiger partial charge on any atom is 0.260 e. The lowest BCUT2D eigenvalue weighted by Gasteiger charge is -2.35. The Morgan fingerprint density at radius 3 is 2.57 bits per heavy atom. The van der Waals surface area contributed by atoms with E-state index in [-0.39, 0.29) is 12.5 Å².